The Labute approximate surface area is 155 Å². The van der Waals surface area contributed by atoms with Crippen molar-refractivity contribution >= 4 is 5.91 Å². The molecule has 5 nitrogen and oxygen atoms in total. The van der Waals surface area contributed by atoms with Crippen molar-refractivity contribution in [2.45, 2.75) is 71.0 Å². The van der Waals surface area contributed by atoms with E-state index in [1.165, 1.54) is 5.56 Å². The first-order chi connectivity index (χ1) is 12.6. The first-order valence-corrected chi connectivity index (χ1v) is 9.88. The summed E-state index contributed by atoms with van der Waals surface area (Å²) in [5.74, 6) is 3.01. The summed E-state index contributed by atoms with van der Waals surface area (Å²) in [6.45, 7) is 5.28. The average Bonchev–Trinajstić information content (AvgIpc) is 3.12. The molecule has 0 aliphatic carbocycles. The molecule has 1 amide bonds. The molecule has 2 aromatic rings. The van der Waals surface area contributed by atoms with Crippen LogP contribution in [0.4, 0.5) is 0 Å². The summed E-state index contributed by atoms with van der Waals surface area (Å²) in [5, 5.41) is 8.88. The highest BCUT2D eigenvalue weighted by Crippen LogP contribution is 2.32. The molecule has 1 aromatic carbocycles. The van der Waals surface area contributed by atoms with Gasteiger partial charge in [-0.05, 0) is 30.7 Å². The van der Waals surface area contributed by atoms with Crippen molar-refractivity contribution in [2.75, 3.05) is 0 Å². The zero-order chi connectivity index (χ0) is 18.1. The fourth-order valence-corrected chi connectivity index (χ4v) is 4.44. The van der Waals surface area contributed by atoms with Crippen LogP contribution in [-0.4, -0.2) is 37.7 Å². The van der Waals surface area contributed by atoms with Crippen molar-refractivity contribution in [1.29, 1.82) is 0 Å². The maximum absolute atomic E-state index is 13.0. The maximum atomic E-state index is 13.0. The number of benzene rings is 1. The molecule has 2 aliphatic heterocycles. The first kappa shape index (κ1) is 17.3. The van der Waals surface area contributed by atoms with E-state index in [1.807, 2.05) is 18.2 Å². The molecule has 0 saturated carbocycles. The van der Waals surface area contributed by atoms with E-state index in [4.69, 9.17) is 0 Å². The Balaban J connectivity index is 1.47. The second kappa shape index (κ2) is 7.22. The van der Waals surface area contributed by atoms with Gasteiger partial charge in [0.1, 0.15) is 11.6 Å². The van der Waals surface area contributed by atoms with E-state index in [0.29, 0.717) is 30.3 Å². The van der Waals surface area contributed by atoms with Crippen molar-refractivity contribution in [1.82, 2.24) is 19.7 Å². The summed E-state index contributed by atoms with van der Waals surface area (Å²) < 4.78 is 2.29. The zero-order valence-corrected chi connectivity index (χ0v) is 15.8. The largest absolute Gasteiger partial charge is 0.334 e. The minimum absolute atomic E-state index is 0.292. The monoisotopic (exact) mass is 352 g/mol. The van der Waals surface area contributed by atoms with Crippen LogP contribution in [0.2, 0.25) is 0 Å². The lowest BCUT2D eigenvalue weighted by molar-refractivity contribution is -0.134. The number of aryl methyl sites for hydroxylation is 1. The van der Waals surface area contributed by atoms with Crippen molar-refractivity contribution in [3.05, 3.63) is 47.5 Å². The third-order valence-corrected chi connectivity index (χ3v) is 5.68. The second-order valence-corrected chi connectivity index (χ2v) is 8.12. The molecular weight excluding hydrogens is 324 g/mol. The summed E-state index contributed by atoms with van der Waals surface area (Å²) >= 11 is 0. The van der Waals surface area contributed by atoms with E-state index in [2.05, 4.69) is 45.6 Å². The Hall–Kier alpha value is -2.17. The lowest BCUT2D eigenvalue weighted by Gasteiger charge is -2.28. The van der Waals surface area contributed by atoms with Gasteiger partial charge in [-0.3, -0.25) is 4.79 Å². The van der Waals surface area contributed by atoms with Crippen LogP contribution in [-0.2, 0) is 30.6 Å². The molecule has 0 unspecified atom stereocenters. The molecule has 1 fully saturated rings. The van der Waals surface area contributed by atoms with Gasteiger partial charge in [0.2, 0.25) is 5.91 Å². The molecule has 2 atom stereocenters. The quantitative estimate of drug-likeness (QED) is 0.831. The SMILES string of the molecule is CC(C)Cc1nnc2n1C[C@H]1CC[C@@H](C2)N1C(=O)CCc1ccccc1. The van der Waals surface area contributed by atoms with Gasteiger partial charge < -0.3 is 9.47 Å². The number of amides is 1. The Morgan fingerprint density at radius 1 is 1.15 bits per heavy atom. The normalized spacial score (nSPS) is 21.7. The van der Waals surface area contributed by atoms with Gasteiger partial charge in [-0.2, -0.15) is 0 Å². The van der Waals surface area contributed by atoms with E-state index in [-0.39, 0.29) is 0 Å². The number of rotatable bonds is 5. The van der Waals surface area contributed by atoms with Crippen LogP contribution in [0.1, 0.15) is 50.3 Å². The molecular formula is C21H28N4O. The molecule has 0 radical (unpaired) electrons. The molecule has 1 aromatic heterocycles. The van der Waals surface area contributed by atoms with Crippen molar-refractivity contribution < 1.29 is 4.79 Å². The van der Waals surface area contributed by atoms with Crippen LogP contribution in [0.25, 0.3) is 0 Å². The van der Waals surface area contributed by atoms with Crippen molar-refractivity contribution in [3.8, 4) is 0 Å². The van der Waals surface area contributed by atoms with Crippen LogP contribution in [0.3, 0.4) is 0 Å². The lowest BCUT2D eigenvalue weighted by atomic mass is 10.1. The van der Waals surface area contributed by atoms with Crippen molar-refractivity contribution in [2.24, 2.45) is 5.92 Å². The summed E-state index contributed by atoms with van der Waals surface area (Å²) in [7, 11) is 0. The number of hydrogen-bond acceptors (Lipinski definition) is 3. The standard InChI is InChI=1S/C21H28N4O/c1-15(2)12-19-22-23-20-13-17-9-10-18(14-24(19)20)25(17)21(26)11-8-16-6-4-3-5-7-16/h3-7,15,17-18H,8-14H2,1-2H3/t17-,18+/m0/s1. The minimum Gasteiger partial charge on any atom is -0.334 e. The summed E-state index contributed by atoms with van der Waals surface area (Å²) in [6.07, 6.45) is 5.40. The molecule has 2 bridgehead atoms. The van der Waals surface area contributed by atoms with Gasteiger partial charge in [-0.1, -0.05) is 44.2 Å². The highest BCUT2D eigenvalue weighted by molar-refractivity contribution is 5.77. The topological polar surface area (TPSA) is 51.0 Å². The van der Waals surface area contributed by atoms with Crippen LogP contribution < -0.4 is 0 Å². The third kappa shape index (κ3) is 3.39. The van der Waals surface area contributed by atoms with Gasteiger partial charge >= 0.3 is 0 Å². The Morgan fingerprint density at radius 3 is 2.69 bits per heavy atom. The van der Waals surface area contributed by atoms with Crippen molar-refractivity contribution in [3.63, 3.8) is 0 Å². The molecule has 1 saturated heterocycles. The number of nitrogens with zero attached hydrogens (tertiary/aromatic N) is 4. The molecule has 3 heterocycles. The smallest absolute Gasteiger partial charge is 0.223 e. The van der Waals surface area contributed by atoms with E-state index in [1.54, 1.807) is 0 Å². The number of carbonyl (C=O) groups is 1. The second-order valence-electron chi connectivity index (χ2n) is 8.12. The lowest BCUT2D eigenvalue weighted by Crippen LogP contribution is -2.42. The average molecular weight is 352 g/mol. The molecule has 0 spiro atoms. The number of carbonyl (C=O) groups excluding carboxylic acids is 1. The fourth-order valence-electron chi connectivity index (χ4n) is 4.44. The van der Waals surface area contributed by atoms with Gasteiger partial charge in [-0.25, -0.2) is 0 Å². The fraction of sp³-hybridized carbons (Fsp3) is 0.571. The van der Waals surface area contributed by atoms with E-state index >= 15 is 0 Å². The van der Waals surface area contributed by atoms with Crippen LogP contribution in [0.15, 0.2) is 30.3 Å². The highest BCUT2D eigenvalue weighted by atomic mass is 16.2. The summed E-state index contributed by atoms with van der Waals surface area (Å²) in [5.41, 5.74) is 1.24. The summed E-state index contributed by atoms with van der Waals surface area (Å²) in [6, 6.07) is 10.9. The molecule has 0 N–H and O–H groups in total. The van der Waals surface area contributed by atoms with E-state index in [9.17, 15) is 4.79 Å². The molecule has 26 heavy (non-hydrogen) atoms. The molecule has 5 heteroatoms. The van der Waals surface area contributed by atoms with Crippen LogP contribution in [0, 0.1) is 5.92 Å². The number of fused-ring (bicyclic) bond motifs is 3. The Kier molecular flexibility index (Phi) is 4.79. The predicted molar refractivity (Wildman–Crippen MR) is 101 cm³/mol. The molecule has 4 rings (SSSR count). The first-order valence-electron chi connectivity index (χ1n) is 9.88. The van der Waals surface area contributed by atoms with Gasteiger partial charge in [0.25, 0.3) is 0 Å². The number of aromatic nitrogens is 3. The maximum Gasteiger partial charge on any atom is 0.223 e. The summed E-state index contributed by atoms with van der Waals surface area (Å²) in [4.78, 5) is 15.2. The van der Waals surface area contributed by atoms with Gasteiger partial charge in [-0.15, -0.1) is 10.2 Å². The zero-order valence-electron chi connectivity index (χ0n) is 15.8. The molecule has 138 valence electrons. The highest BCUT2D eigenvalue weighted by Gasteiger charge is 2.40. The molecule has 2 aliphatic rings. The minimum atomic E-state index is 0.292. The Morgan fingerprint density at radius 2 is 1.92 bits per heavy atom. The van der Waals surface area contributed by atoms with Gasteiger partial charge in [0.15, 0.2) is 0 Å². The van der Waals surface area contributed by atoms with Crippen LogP contribution >= 0.6 is 0 Å². The van der Waals surface area contributed by atoms with E-state index < -0.39 is 0 Å². The van der Waals surface area contributed by atoms with Gasteiger partial charge in [0.05, 0.1) is 6.04 Å². The Bertz CT molecular complexity index is 768. The third-order valence-electron chi connectivity index (χ3n) is 5.68. The number of hydrogen-bond donors (Lipinski definition) is 0. The van der Waals surface area contributed by atoms with Crippen LogP contribution in [0.5, 0.6) is 0 Å². The predicted octanol–water partition coefficient (Wildman–Crippen LogP) is 3.03. The van der Waals surface area contributed by atoms with E-state index in [0.717, 1.165) is 50.3 Å². The van der Waals surface area contributed by atoms with Gasteiger partial charge in [0, 0.05) is 31.8 Å².